The molecule has 2 aliphatic carbocycles. The van der Waals surface area contributed by atoms with Gasteiger partial charge in [-0.3, -0.25) is 0 Å². The molecule has 0 radical (unpaired) electrons. The molecule has 23 heavy (non-hydrogen) atoms. The van der Waals surface area contributed by atoms with Crippen molar-refractivity contribution in [2.45, 2.75) is 44.4 Å². The van der Waals surface area contributed by atoms with Crippen LogP contribution >= 0.6 is 0 Å². The van der Waals surface area contributed by atoms with Gasteiger partial charge in [-0.05, 0) is 25.3 Å². The lowest BCUT2D eigenvalue weighted by Crippen LogP contribution is -2.65. The number of aliphatic imine (C=N–C) groups is 1. The Hall–Kier alpha value is -1.59. The molecule has 0 aromatic heterocycles. The van der Waals surface area contributed by atoms with E-state index in [0.717, 1.165) is 24.3 Å². The van der Waals surface area contributed by atoms with Crippen LogP contribution in [0, 0.1) is 11.3 Å². The van der Waals surface area contributed by atoms with Crippen LogP contribution in [-0.2, 0) is 16.1 Å². The molecule has 1 heterocycles. The van der Waals surface area contributed by atoms with E-state index in [2.05, 4.69) is 5.32 Å². The molecule has 3 fully saturated rings. The van der Waals surface area contributed by atoms with Crippen LogP contribution < -0.4 is 11.1 Å². The van der Waals surface area contributed by atoms with Gasteiger partial charge in [-0.2, -0.15) is 0 Å². The predicted octanol–water partition coefficient (Wildman–Crippen LogP) is 2.52. The third-order valence-electron chi connectivity index (χ3n) is 5.84. The van der Waals surface area contributed by atoms with Crippen molar-refractivity contribution in [3.8, 4) is 0 Å². The van der Waals surface area contributed by atoms with Crippen LogP contribution in [0.3, 0.4) is 0 Å². The average molecular weight is 315 g/mol. The predicted molar refractivity (Wildman–Crippen MR) is 90.3 cm³/mol. The first-order chi connectivity index (χ1) is 11.2. The lowest BCUT2D eigenvalue weighted by atomic mass is 9.46. The topological polar surface area (TPSA) is 68.9 Å². The normalized spacial score (nSPS) is 31.3. The van der Waals surface area contributed by atoms with Gasteiger partial charge in [-0.15, -0.1) is 0 Å². The summed E-state index contributed by atoms with van der Waals surface area (Å²) in [5.41, 5.74) is 8.55. The summed E-state index contributed by atoms with van der Waals surface area (Å²) in [4.78, 5) is 4.86. The van der Waals surface area contributed by atoms with Crippen molar-refractivity contribution >= 4 is 11.6 Å². The third kappa shape index (κ3) is 2.34. The maximum atomic E-state index is 6.22. The van der Waals surface area contributed by atoms with Crippen molar-refractivity contribution in [1.82, 2.24) is 0 Å². The van der Waals surface area contributed by atoms with Gasteiger partial charge in [0.15, 0.2) is 5.96 Å². The molecule has 1 spiro atoms. The van der Waals surface area contributed by atoms with Gasteiger partial charge < -0.3 is 20.5 Å². The van der Waals surface area contributed by atoms with Crippen LogP contribution in [0.5, 0.6) is 0 Å². The molecule has 3 N–H and O–H groups in total. The Morgan fingerprint density at radius 3 is 3.00 bits per heavy atom. The van der Waals surface area contributed by atoms with Crippen molar-refractivity contribution in [1.29, 1.82) is 0 Å². The Morgan fingerprint density at radius 1 is 1.43 bits per heavy atom. The summed E-state index contributed by atoms with van der Waals surface area (Å²) >= 11 is 0. The Bertz CT molecular complexity index is 612. The highest BCUT2D eigenvalue weighted by molar-refractivity contribution is 5.93. The minimum Gasteiger partial charge on any atom is -0.380 e. The van der Waals surface area contributed by atoms with E-state index in [1.54, 1.807) is 7.11 Å². The lowest BCUT2D eigenvalue weighted by molar-refractivity contribution is -0.164. The van der Waals surface area contributed by atoms with Crippen molar-refractivity contribution in [3.05, 3.63) is 29.8 Å². The zero-order valence-corrected chi connectivity index (χ0v) is 13.6. The highest BCUT2D eigenvalue weighted by Gasteiger charge is 2.66. The second kappa shape index (κ2) is 5.80. The fraction of sp³-hybridized carbons (Fsp3) is 0.611. The van der Waals surface area contributed by atoms with Gasteiger partial charge in [-0.1, -0.05) is 24.6 Å². The average Bonchev–Trinajstić information content (AvgIpc) is 2.91. The third-order valence-corrected chi connectivity index (χ3v) is 5.84. The summed E-state index contributed by atoms with van der Waals surface area (Å²) in [5, 5.41) is 3.27. The molecule has 3 aliphatic rings. The molecule has 4 rings (SSSR count). The summed E-state index contributed by atoms with van der Waals surface area (Å²) < 4.78 is 11.2. The van der Waals surface area contributed by atoms with Crippen LogP contribution in [0.2, 0.25) is 0 Å². The number of fused-ring (bicyclic) bond motifs is 2. The number of nitrogens with one attached hydrogen (secondary N) is 1. The standard InChI is InChI=1S/C18H25N3O2/c1-22-11-12-5-2-3-6-14(12)20-17(19)21-15-13-7-10-23-16(13)18(15)8-4-9-18/h2-3,5-6,13,15-16H,4,7-11H2,1H3,(H3,19,20,21). The number of rotatable bonds is 4. The molecule has 5 heteroatoms. The first kappa shape index (κ1) is 15.0. The summed E-state index contributed by atoms with van der Waals surface area (Å²) in [5.74, 6) is 1.07. The minimum absolute atomic E-state index is 0.277. The lowest BCUT2D eigenvalue weighted by Gasteiger charge is -2.61. The molecule has 1 aromatic carbocycles. The number of hydrogen-bond donors (Lipinski definition) is 2. The largest absolute Gasteiger partial charge is 0.380 e. The Balaban J connectivity index is 1.51. The zero-order chi connectivity index (χ0) is 15.9. The first-order valence-electron chi connectivity index (χ1n) is 8.53. The summed E-state index contributed by atoms with van der Waals surface area (Å²) in [7, 11) is 1.70. The minimum atomic E-state index is 0.277. The highest BCUT2D eigenvalue weighted by atomic mass is 16.5. The number of guanidine groups is 1. The van der Waals surface area contributed by atoms with Crippen molar-refractivity contribution < 1.29 is 9.47 Å². The van der Waals surface area contributed by atoms with Gasteiger partial charge in [-0.25, -0.2) is 4.99 Å². The van der Waals surface area contributed by atoms with E-state index in [4.69, 9.17) is 20.2 Å². The maximum Gasteiger partial charge on any atom is 0.193 e. The van der Waals surface area contributed by atoms with Crippen LogP contribution in [0.1, 0.15) is 31.2 Å². The van der Waals surface area contributed by atoms with Crippen molar-refractivity contribution in [2.75, 3.05) is 19.0 Å². The van der Waals surface area contributed by atoms with E-state index in [1.165, 1.54) is 19.3 Å². The number of benzene rings is 1. The number of anilines is 1. The Labute approximate surface area is 137 Å². The number of nitrogens with two attached hydrogens (primary N) is 1. The number of para-hydroxylation sites is 1. The smallest absolute Gasteiger partial charge is 0.193 e. The first-order valence-corrected chi connectivity index (χ1v) is 8.53. The molecule has 3 atom stereocenters. The Kier molecular flexibility index (Phi) is 3.77. The quantitative estimate of drug-likeness (QED) is 0.662. The maximum absolute atomic E-state index is 6.22. The van der Waals surface area contributed by atoms with Gasteiger partial charge >= 0.3 is 0 Å². The SMILES string of the molecule is COCc1ccccc1NC(N)=NC1C2CCOC2C12CCC2. The number of ether oxygens (including phenoxy) is 2. The highest BCUT2D eigenvalue weighted by Crippen LogP contribution is 2.64. The van der Waals surface area contributed by atoms with Gasteiger partial charge in [0, 0.05) is 36.3 Å². The monoisotopic (exact) mass is 315 g/mol. The molecule has 5 nitrogen and oxygen atoms in total. The molecule has 0 amide bonds. The van der Waals surface area contributed by atoms with Crippen LogP contribution in [0.15, 0.2) is 29.3 Å². The summed E-state index contributed by atoms with van der Waals surface area (Å²) in [6, 6.07) is 8.37. The molecular weight excluding hydrogens is 290 g/mol. The number of methoxy groups -OCH3 is 1. The second-order valence-electron chi connectivity index (χ2n) is 7.00. The molecule has 3 unspecified atom stereocenters. The van der Waals surface area contributed by atoms with Crippen molar-refractivity contribution in [3.63, 3.8) is 0 Å². The molecule has 1 aliphatic heterocycles. The van der Waals surface area contributed by atoms with Crippen molar-refractivity contribution in [2.24, 2.45) is 22.1 Å². The number of hydrogen-bond acceptors (Lipinski definition) is 3. The van der Waals surface area contributed by atoms with Gasteiger partial charge in [0.2, 0.25) is 0 Å². The van der Waals surface area contributed by atoms with Gasteiger partial charge in [0.25, 0.3) is 0 Å². The van der Waals surface area contributed by atoms with Crippen LogP contribution in [0.4, 0.5) is 5.69 Å². The van der Waals surface area contributed by atoms with E-state index >= 15 is 0 Å². The van der Waals surface area contributed by atoms with Gasteiger partial charge in [0.05, 0.1) is 18.8 Å². The zero-order valence-electron chi connectivity index (χ0n) is 13.6. The van der Waals surface area contributed by atoms with Crippen LogP contribution in [0.25, 0.3) is 0 Å². The molecule has 2 saturated carbocycles. The van der Waals surface area contributed by atoms with Crippen LogP contribution in [-0.4, -0.2) is 31.8 Å². The van der Waals surface area contributed by atoms with Gasteiger partial charge in [0.1, 0.15) is 0 Å². The van der Waals surface area contributed by atoms with E-state index in [-0.39, 0.29) is 5.41 Å². The van der Waals surface area contributed by atoms with E-state index in [0.29, 0.717) is 30.6 Å². The molecule has 1 saturated heterocycles. The second-order valence-corrected chi connectivity index (χ2v) is 7.00. The molecule has 124 valence electrons. The fourth-order valence-electron chi connectivity index (χ4n) is 4.63. The molecule has 1 aromatic rings. The Morgan fingerprint density at radius 2 is 2.26 bits per heavy atom. The summed E-state index contributed by atoms with van der Waals surface area (Å²) in [6.45, 7) is 1.44. The number of nitrogens with zero attached hydrogens (tertiary/aromatic N) is 1. The fourth-order valence-corrected chi connectivity index (χ4v) is 4.63. The molecular formula is C18H25N3O2. The van der Waals surface area contributed by atoms with E-state index in [1.807, 2.05) is 24.3 Å². The van der Waals surface area contributed by atoms with E-state index in [9.17, 15) is 0 Å². The molecule has 0 bridgehead atoms. The summed E-state index contributed by atoms with van der Waals surface area (Å²) in [6.07, 6.45) is 5.31. The van der Waals surface area contributed by atoms with E-state index < -0.39 is 0 Å².